The first-order chi connectivity index (χ1) is 8.99. The van der Waals surface area contributed by atoms with E-state index in [-0.39, 0.29) is 5.56 Å². The number of halogens is 4. The van der Waals surface area contributed by atoms with Gasteiger partial charge < -0.3 is 5.32 Å². The molecular formula is C14H11ClF3N. The summed E-state index contributed by atoms with van der Waals surface area (Å²) in [4.78, 5) is 0. The van der Waals surface area contributed by atoms with Crippen molar-refractivity contribution in [1.82, 2.24) is 0 Å². The van der Waals surface area contributed by atoms with Crippen LogP contribution in [0, 0.1) is 17.5 Å². The Morgan fingerprint density at radius 1 is 1.11 bits per heavy atom. The monoisotopic (exact) mass is 285 g/mol. The molecule has 5 heteroatoms. The van der Waals surface area contributed by atoms with Crippen LogP contribution in [-0.2, 0) is 0 Å². The summed E-state index contributed by atoms with van der Waals surface area (Å²) in [5, 5.41) is 3.17. The molecule has 1 atom stereocenters. The third kappa shape index (κ3) is 3.01. The summed E-state index contributed by atoms with van der Waals surface area (Å²) in [6, 6.07) is 7.20. The van der Waals surface area contributed by atoms with Crippen LogP contribution < -0.4 is 5.32 Å². The van der Waals surface area contributed by atoms with Gasteiger partial charge in [0.2, 0.25) is 0 Å². The molecule has 0 amide bonds. The van der Waals surface area contributed by atoms with E-state index in [1.807, 2.05) is 0 Å². The third-order valence-corrected chi connectivity index (χ3v) is 3.08. The molecule has 0 bridgehead atoms. The standard InChI is InChI=1S/C14H11ClF3N/c1-8(10-3-2-4-12(17)14(10)18)19-13-7-9(16)5-6-11(13)15/h2-8,19H,1H3. The SMILES string of the molecule is CC(Nc1cc(F)ccc1Cl)c1cccc(F)c1F. The van der Waals surface area contributed by atoms with Gasteiger partial charge in [0, 0.05) is 5.56 Å². The van der Waals surface area contributed by atoms with E-state index in [4.69, 9.17) is 11.6 Å². The van der Waals surface area contributed by atoms with Crippen molar-refractivity contribution in [3.63, 3.8) is 0 Å². The van der Waals surface area contributed by atoms with E-state index >= 15 is 0 Å². The highest BCUT2D eigenvalue weighted by Crippen LogP contribution is 2.28. The Morgan fingerprint density at radius 2 is 1.84 bits per heavy atom. The number of anilines is 1. The second-order valence-corrected chi connectivity index (χ2v) is 4.54. The van der Waals surface area contributed by atoms with Crippen molar-refractivity contribution in [3.05, 3.63) is 64.4 Å². The zero-order chi connectivity index (χ0) is 14.0. The summed E-state index contributed by atoms with van der Waals surface area (Å²) in [7, 11) is 0. The van der Waals surface area contributed by atoms with E-state index in [0.29, 0.717) is 10.7 Å². The summed E-state index contributed by atoms with van der Waals surface area (Å²) < 4.78 is 39.9. The van der Waals surface area contributed by atoms with Crippen LogP contribution in [0.25, 0.3) is 0 Å². The second kappa shape index (κ2) is 5.53. The Hall–Kier alpha value is -1.68. The molecular weight excluding hydrogens is 275 g/mol. The molecule has 0 radical (unpaired) electrons. The van der Waals surface area contributed by atoms with Crippen LogP contribution in [0.4, 0.5) is 18.9 Å². The highest BCUT2D eigenvalue weighted by molar-refractivity contribution is 6.33. The molecule has 0 aliphatic heterocycles. The van der Waals surface area contributed by atoms with Gasteiger partial charge in [0.1, 0.15) is 5.82 Å². The molecule has 2 aromatic rings. The molecule has 0 aliphatic rings. The molecule has 0 saturated heterocycles. The van der Waals surface area contributed by atoms with Gasteiger partial charge in [0.15, 0.2) is 11.6 Å². The van der Waals surface area contributed by atoms with Crippen molar-refractivity contribution in [3.8, 4) is 0 Å². The lowest BCUT2D eigenvalue weighted by Crippen LogP contribution is -2.10. The fraction of sp³-hybridized carbons (Fsp3) is 0.143. The molecule has 2 aromatic carbocycles. The second-order valence-electron chi connectivity index (χ2n) is 4.13. The minimum atomic E-state index is -0.921. The van der Waals surface area contributed by atoms with Crippen LogP contribution in [-0.4, -0.2) is 0 Å². The van der Waals surface area contributed by atoms with Gasteiger partial charge in [-0.15, -0.1) is 0 Å². The van der Waals surface area contributed by atoms with Crippen LogP contribution in [0.5, 0.6) is 0 Å². The lowest BCUT2D eigenvalue weighted by molar-refractivity contribution is 0.494. The quantitative estimate of drug-likeness (QED) is 0.843. The maximum atomic E-state index is 13.6. The lowest BCUT2D eigenvalue weighted by atomic mass is 10.1. The van der Waals surface area contributed by atoms with Crippen molar-refractivity contribution in [2.24, 2.45) is 0 Å². The number of nitrogens with one attached hydrogen (secondary N) is 1. The van der Waals surface area contributed by atoms with Gasteiger partial charge in [-0.1, -0.05) is 23.7 Å². The number of benzene rings is 2. The van der Waals surface area contributed by atoms with Crippen molar-refractivity contribution in [1.29, 1.82) is 0 Å². The lowest BCUT2D eigenvalue weighted by Gasteiger charge is -2.17. The number of hydrogen-bond acceptors (Lipinski definition) is 1. The topological polar surface area (TPSA) is 12.0 Å². The average Bonchev–Trinajstić information content (AvgIpc) is 2.37. The molecule has 1 unspecified atom stereocenters. The zero-order valence-corrected chi connectivity index (χ0v) is 10.8. The van der Waals surface area contributed by atoms with Gasteiger partial charge in [0.25, 0.3) is 0 Å². The molecule has 0 fully saturated rings. The molecule has 0 aromatic heterocycles. The Labute approximate surface area is 114 Å². The van der Waals surface area contributed by atoms with Gasteiger partial charge in [-0.3, -0.25) is 0 Å². The van der Waals surface area contributed by atoms with E-state index in [1.54, 1.807) is 6.92 Å². The van der Waals surface area contributed by atoms with Crippen molar-refractivity contribution < 1.29 is 13.2 Å². The molecule has 0 aliphatic carbocycles. The Bertz CT molecular complexity index is 601. The Kier molecular flexibility index (Phi) is 4.00. The summed E-state index contributed by atoms with van der Waals surface area (Å²) in [6.45, 7) is 1.64. The predicted molar refractivity (Wildman–Crippen MR) is 69.8 cm³/mol. The Balaban J connectivity index is 2.28. The highest BCUT2D eigenvalue weighted by Gasteiger charge is 2.15. The largest absolute Gasteiger partial charge is 0.377 e. The van der Waals surface area contributed by atoms with Crippen molar-refractivity contribution >= 4 is 17.3 Å². The fourth-order valence-corrected chi connectivity index (χ4v) is 1.95. The van der Waals surface area contributed by atoms with E-state index in [9.17, 15) is 13.2 Å². The third-order valence-electron chi connectivity index (χ3n) is 2.75. The van der Waals surface area contributed by atoms with Crippen molar-refractivity contribution in [2.45, 2.75) is 13.0 Å². The van der Waals surface area contributed by atoms with Crippen LogP contribution in [0.3, 0.4) is 0 Å². The fourth-order valence-electron chi connectivity index (χ4n) is 1.77. The van der Waals surface area contributed by atoms with Gasteiger partial charge in [-0.2, -0.15) is 0 Å². The van der Waals surface area contributed by atoms with Crippen LogP contribution in [0.1, 0.15) is 18.5 Å². The highest BCUT2D eigenvalue weighted by atomic mass is 35.5. The first-order valence-corrected chi connectivity index (χ1v) is 6.02. The number of hydrogen-bond donors (Lipinski definition) is 1. The minimum Gasteiger partial charge on any atom is -0.377 e. The summed E-state index contributed by atoms with van der Waals surface area (Å²) >= 11 is 5.90. The zero-order valence-electron chi connectivity index (χ0n) is 10.1. The van der Waals surface area contributed by atoms with Crippen LogP contribution >= 0.6 is 11.6 Å². The molecule has 1 nitrogen and oxygen atoms in total. The average molecular weight is 286 g/mol. The molecule has 0 saturated carbocycles. The maximum absolute atomic E-state index is 13.6. The molecule has 100 valence electrons. The van der Waals surface area contributed by atoms with E-state index < -0.39 is 23.5 Å². The maximum Gasteiger partial charge on any atom is 0.164 e. The summed E-state index contributed by atoms with van der Waals surface area (Å²) in [6.07, 6.45) is 0. The van der Waals surface area contributed by atoms with Gasteiger partial charge in [-0.05, 0) is 31.2 Å². The van der Waals surface area contributed by atoms with E-state index in [0.717, 1.165) is 6.07 Å². The molecule has 1 N–H and O–H groups in total. The van der Waals surface area contributed by atoms with Crippen LogP contribution in [0.2, 0.25) is 5.02 Å². The first-order valence-electron chi connectivity index (χ1n) is 5.64. The van der Waals surface area contributed by atoms with Crippen molar-refractivity contribution in [2.75, 3.05) is 5.32 Å². The van der Waals surface area contributed by atoms with E-state index in [2.05, 4.69) is 5.32 Å². The minimum absolute atomic E-state index is 0.153. The smallest absolute Gasteiger partial charge is 0.164 e. The molecule has 0 spiro atoms. The van der Waals surface area contributed by atoms with Gasteiger partial charge in [0.05, 0.1) is 16.8 Å². The molecule has 2 rings (SSSR count). The normalized spacial score (nSPS) is 12.3. The molecule has 19 heavy (non-hydrogen) atoms. The number of rotatable bonds is 3. The summed E-state index contributed by atoms with van der Waals surface area (Å²) in [5.74, 6) is -2.30. The summed E-state index contributed by atoms with van der Waals surface area (Å²) in [5.41, 5.74) is 0.484. The van der Waals surface area contributed by atoms with Crippen LogP contribution in [0.15, 0.2) is 36.4 Å². The van der Waals surface area contributed by atoms with E-state index in [1.165, 1.54) is 30.3 Å². The predicted octanol–water partition coefficient (Wildman–Crippen LogP) is 4.93. The first kappa shape index (κ1) is 13.7. The van der Waals surface area contributed by atoms with Gasteiger partial charge in [-0.25, -0.2) is 13.2 Å². The van der Waals surface area contributed by atoms with Gasteiger partial charge >= 0.3 is 0 Å². The Morgan fingerprint density at radius 3 is 2.58 bits per heavy atom. The molecule has 0 heterocycles.